The quantitative estimate of drug-likeness (QED) is 0.815. The zero-order chi connectivity index (χ0) is 18.7. The molecule has 26 heavy (non-hydrogen) atoms. The van der Waals surface area contributed by atoms with E-state index in [4.69, 9.17) is 0 Å². The number of aromatic nitrogens is 2. The second kappa shape index (κ2) is 7.47. The van der Waals surface area contributed by atoms with Crippen molar-refractivity contribution < 1.29 is 22.4 Å². The van der Waals surface area contributed by atoms with Crippen LogP contribution in [0.25, 0.3) is 5.69 Å². The Morgan fingerprint density at radius 1 is 1.19 bits per heavy atom. The molecule has 0 unspecified atom stereocenters. The molecule has 0 radical (unpaired) electrons. The zero-order valence-electron chi connectivity index (χ0n) is 14.0. The van der Waals surface area contributed by atoms with Gasteiger partial charge in [0.2, 0.25) is 0 Å². The Balaban J connectivity index is 1.87. The normalized spacial score (nSPS) is 15.8. The topological polar surface area (TPSA) is 46.9 Å². The van der Waals surface area contributed by atoms with Crippen molar-refractivity contribution >= 4 is 5.91 Å². The molecular weight excluding hydrogens is 350 g/mol. The highest BCUT2D eigenvalue weighted by molar-refractivity contribution is 5.95. The zero-order valence-corrected chi connectivity index (χ0v) is 14.0. The summed E-state index contributed by atoms with van der Waals surface area (Å²) in [5.74, 6) is -1.41. The van der Waals surface area contributed by atoms with Gasteiger partial charge in [-0.1, -0.05) is 31.4 Å². The van der Waals surface area contributed by atoms with Crippen LogP contribution in [-0.2, 0) is 6.18 Å². The van der Waals surface area contributed by atoms with Crippen molar-refractivity contribution in [1.82, 2.24) is 15.1 Å². The molecule has 140 valence electrons. The number of nitrogens with one attached hydrogen (secondary N) is 1. The lowest BCUT2D eigenvalue weighted by Crippen LogP contribution is -2.31. The van der Waals surface area contributed by atoms with E-state index in [1.807, 2.05) is 0 Å². The minimum Gasteiger partial charge on any atom is -0.352 e. The predicted octanol–water partition coefficient (Wildman–Crippen LogP) is 4.34. The largest absolute Gasteiger partial charge is 0.434 e. The lowest BCUT2D eigenvalue weighted by atomic mass is 9.89. The van der Waals surface area contributed by atoms with Crippen LogP contribution < -0.4 is 5.32 Å². The second-order valence-electron chi connectivity index (χ2n) is 6.48. The van der Waals surface area contributed by atoms with Crippen LogP contribution in [0.15, 0.2) is 30.5 Å². The van der Waals surface area contributed by atoms with E-state index in [-0.39, 0.29) is 11.6 Å². The molecule has 1 saturated carbocycles. The van der Waals surface area contributed by atoms with Gasteiger partial charge in [0, 0.05) is 6.54 Å². The maximum atomic E-state index is 13.9. The molecule has 0 saturated heterocycles. The first-order valence-corrected chi connectivity index (χ1v) is 8.56. The first-order valence-electron chi connectivity index (χ1n) is 8.56. The number of para-hydroxylation sites is 1. The molecule has 8 heteroatoms. The number of amides is 1. The molecule has 1 N–H and O–H groups in total. The van der Waals surface area contributed by atoms with Gasteiger partial charge < -0.3 is 5.32 Å². The summed E-state index contributed by atoms with van der Waals surface area (Å²) in [5, 5.41) is 6.20. The van der Waals surface area contributed by atoms with Crippen LogP contribution in [0, 0.1) is 11.7 Å². The molecule has 0 atom stereocenters. The molecule has 1 aliphatic carbocycles. The van der Waals surface area contributed by atoms with Gasteiger partial charge in [-0.15, -0.1) is 0 Å². The van der Waals surface area contributed by atoms with Crippen LogP contribution in [0.3, 0.4) is 0 Å². The van der Waals surface area contributed by atoms with Crippen LogP contribution in [0.2, 0.25) is 0 Å². The van der Waals surface area contributed by atoms with Crippen molar-refractivity contribution in [2.24, 2.45) is 5.92 Å². The van der Waals surface area contributed by atoms with Crippen LogP contribution in [-0.4, -0.2) is 22.2 Å². The van der Waals surface area contributed by atoms with Gasteiger partial charge in [0.15, 0.2) is 5.69 Å². The fraction of sp³-hybridized carbons (Fsp3) is 0.444. The summed E-state index contributed by atoms with van der Waals surface area (Å²) in [4.78, 5) is 12.3. The smallest absolute Gasteiger partial charge is 0.352 e. The Hall–Kier alpha value is -2.38. The summed E-state index contributed by atoms with van der Waals surface area (Å²) in [6.07, 6.45) is 1.20. The van der Waals surface area contributed by atoms with Crippen molar-refractivity contribution in [2.45, 2.75) is 38.3 Å². The maximum absolute atomic E-state index is 13.9. The van der Waals surface area contributed by atoms with E-state index in [0.29, 0.717) is 11.2 Å². The van der Waals surface area contributed by atoms with Gasteiger partial charge in [-0.25, -0.2) is 9.07 Å². The van der Waals surface area contributed by atoms with E-state index in [2.05, 4.69) is 10.4 Å². The SMILES string of the molecule is O=C(NCC1CCCCC1)c1cnn(-c2ccccc2F)c1C(F)(F)F. The molecule has 1 aromatic heterocycles. The Morgan fingerprint density at radius 2 is 1.88 bits per heavy atom. The van der Waals surface area contributed by atoms with E-state index in [1.54, 1.807) is 0 Å². The molecule has 0 bridgehead atoms. The number of hydrogen-bond acceptors (Lipinski definition) is 2. The van der Waals surface area contributed by atoms with Gasteiger partial charge in [0.05, 0.1) is 11.8 Å². The Labute approximate surface area is 148 Å². The Kier molecular flexibility index (Phi) is 5.29. The van der Waals surface area contributed by atoms with Crippen molar-refractivity contribution in [3.05, 3.63) is 47.5 Å². The third-order valence-corrected chi connectivity index (χ3v) is 4.64. The molecule has 0 spiro atoms. The third-order valence-electron chi connectivity index (χ3n) is 4.64. The molecule has 1 heterocycles. The van der Waals surface area contributed by atoms with Crippen molar-refractivity contribution in [1.29, 1.82) is 0 Å². The molecule has 1 aromatic carbocycles. The van der Waals surface area contributed by atoms with Gasteiger partial charge in [-0.3, -0.25) is 4.79 Å². The minimum absolute atomic E-state index is 0.281. The number of carbonyl (C=O) groups is 1. The number of alkyl halides is 3. The number of carbonyl (C=O) groups excluding carboxylic acids is 1. The molecule has 4 nitrogen and oxygen atoms in total. The molecule has 0 aliphatic heterocycles. The molecule has 1 amide bonds. The summed E-state index contributed by atoms with van der Waals surface area (Å²) >= 11 is 0. The summed E-state index contributed by atoms with van der Waals surface area (Å²) in [7, 11) is 0. The Morgan fingerprint density at radius 3 is 2.54 bits per heavy atom. The third kappa shape index (κ3) is 3.89. The van der Waals surface area contributed by atoms with Gasteiger partial charge in [0.25, 0.3) is 5.91 Å². The van der Waals surface area contributed by atoms with Crippen LogP contribution in [0.1, 0.15) is 48.2 Å². The summed E-state index contributed by atoms with van der Waals surface area (Å²) < 4.78 is 55.0. The monoisotopic (exact) mass is 369 g/mol. The summed E-state index contributed by atoms with van der Waals surface area (Å²) in [6.45, 7) is 0.334. The van der Waals surface area contributed by atoms with Crippen molar-refractivity contribution in [3.8, 4) is 5.69 Å². The maximum Gasteiger partial charge on any atom is 0.434 e. The standard InChI is InChI=1S/C18H19F4N3O/c19-14-8-4-5-9-15(14)25-16(18(20,21)22)13(11-24-25)17(26)23-10-12-6-2-1-3-7-12/h4-5,8-9,11-12H,1-3,6-7,10H2,(H,23,26). The number of nitrogens with zero attached hydrogens (tertiary/aromatic N) is 2. The highest BCUT2D eigenvalue weighted by Gasteiger charge is 2.41. The predicted molar refractivity (Wildman–Crippen MR) is 87.4 cm³/mol. The lowest BCUT2D eigenvalue weighted by molar-refractivity contribution is -0.143. The van der Waals surface area contributed by atoms with E-state index >= 15 is 0 Å². The molecule has 1 fully saturated rings. The molecule has 3 rings (SSSR count). The summed E-state index contributed by atoms with van der Waals surface area (Å²) in [5.41, 5.74) is -2.23. The van der Waals surface area contributed by atoms with Crippen LogP contribution in [0.4, 0.5) is 17.6 Å². The molecule has 1 aliphatic rings. The number of halogens is 4. The van der Waals surface area contributed by atoms with Crippen LogP contribution in [0.5, 0.6) is 0 Å². The molecule has 2 aromatic rings. The Bertz CT molecular complexity index is 779. The first-order chi connectivity index (χ1) is 12.4. The van der Waals surface area contributed by atoms with Gasteiger partial charge in [-0.2, -0.15) is 18.3 Å². The van der Waals surface area contributed by atoms with Gasteiger partial charge >= 0.3 is 6.18 Å². The average Bonchev–Trinajstić information content (AvgIpc) is 3.06. The number of rotatable bonds is 4. The second-order valence-corrected chi connectivity index (χ2v) is 6.48. The fourth-order valence-electron chi connectivity index (χ4n) is 3.32. The molecular formula is C18H19F4N3O. The number of benzene rings is 1. The van der Waals surface area contributed by atoms with E-state index < -0.39 is 29.2 Å². The van der Waals surface area contributed by atoms with E-state index in [1.165, 1.54) is 18.2 Å². The van der Waals surface area contributed by atoms with Gasteiger partial charge in [0.1, 0.15) is 11.5 Å². The highest BCUT2D eigenvalue weighted by Crippen LogP contribution is 2.34. The summed E-state index contributed by atoms with van der Waals surface area (Å²) in [6, 6.07) is 5.00. The van der Waals surface area contributed by atoms with Gasteiger partial charge in [-0.05, 0) is 30.9 Å². The fourth-order valence-corrected chi connectivity index (χ4v) is 3.32. The minimum atomic E-state index is -4.85. The first kappa shape index (κ1) is 18.4. The van der Waals surface area contributed by atoms with E-state index in [9.17, 15) is 22.4 Å². The number of hydrogen-bond donors (Lipinski definition) is 1. The van der Waals surface area contributed by atoms with E-state index in [0.717, 1.165) is 44.4 Å². The van der Waals surface area contributed by atoms with Crippen molar-refractivity contribution in [2.75, 3.05) is 6.54 Å². The highest BCUT2D eigenvalue weighted by atomic mass is 19.4. The van der Waals surface area contributed by atoms with Crippen molar-refractivity contribution in [3.63, 3.8) is 0 Å². The lowest BCUT2D eigenvalue weighted by Gasteiger charge is -2.21. The average molecular weight is 369 g/mol. The van der Waals surface area contributed by atoms with Crippen LogP contribution >= 0.6 is 0 Å².